The first-order valence-corrected chi connectivity index (χ1v) is 13.7. The van der Waals surface area contributed by atoms with Crippen LogP contribution in [0.25, 0.3) is 0 Å². The third kappa shape index (κ3) is 18.7. The first-order valence-electron chi connectivity index (χ1n) is 13.3. The Bertz CT molecular complexity index is 289. The van der Waals surface area contributed by atoms with Crippen molar-refractivity contribution in [1.82, 2.24) is 6.15 Å². The molecule has 0 aromatic carbocycles. The topological polar surface area (TPSA) is 36.5 Å². The number of alkyl halides is 1. The Balaban J connectivity index is 0. The van der Waals surface area contributed by atoms with Crippen molar-refractivity contribution in [3.8, 4) is 0 Å². The zero-order chi connectivity index (χ0) is 20.9. The maximum absolute atomic E-state index is 7.33. The van der Waals surface area contributed by atoms with E-state index in [1.54, 1.807) is 0 Å². The minimum Gasteiger partial charge on any atom is -0.369 e. The summed E-state index contributed by atoms with van der Waals surface area (Å²) in [7, 11) is 0. The van der Waals surface area contributed by atoms with Gasteiger partial charge in [0.1, 0.15) is 0 Å². The summed E-state index contributed by atoms with van der Waals surface area (Å²) in [5.74, 6) is 0.673. The molecule has 0 amide bonds. The highest BCUT2D eigenvalue weighted by Crippen LogP contribution is 2.39. The van der Waals surface area contributed by atoms with Crippen LogP contribution < -0.4 is 6.15 Å². The van der Waals surface area contributed by atoms with Crippen LogP contribution in [-0.4, -0.2) is 4.87 Å². The zero-order valence-electron chi connectivity index (χ0n) is 21.3. The van der Waals surface area contributed by atoms with Crippen LogP contribution in [0.3, 0.4) is 0 Å². The van der Waals surface area contributed by atoms with E-state index in [1.807, 2.05) is 0 Å². The van der Waals surface area contributed by atoms with Crippen molar-refractivity contribution in [2.75, 3.05) is 0 Å². The summed E-state index contributed by atoms with van der Waals surface area (Å²) in [4.78, 5) is 0.0684. The van der Waals surface area contributed by atoms with Gasteiger partial charge in [-0.05, 0) is 25.2 Å². The highest BCUT2D eigenvalue weighted by atomic mass is 35.5. The van der Waals surface area contributed by atoms with Gasteiger partial charge in [-0.1, -0.05) is 143 Å². The quantitative estimate of drug-likeness (QED) is 0.130. The lowest BCUT2D eigenvalue weighted by molar-refractivity contribution is 0.304. The molecule has 0 aromatic rings. The Morgan fingerprint density at radius 2 is 0.828 bits per heavy atom. The first-order chi connectivity index (χ1) is 13.6. The number of unbranched alkanes of at least 4 members (excludes halogenated alkanes) is 15. The molecule has 29 heavy (non-hydrogen) atoms. The molecule has 1 nitrogen and oxygen atoms in total. The maximum Gasteiger partial charge on any atom is 0.0472 e. The predicted molar refractivity (Wildman–Crippen MR) is 138 cm³/mol. The molecule has 0 heterocycles. The predicted octanol–water partition coefficient (Wildman–Crippen LogP) is 11.2. The standard InChI is InChI=1S/C27H55Cl.H3N/c1-5-8-11-14-17-20-23-26(4)27(28,24-21-18-15-12-9-6-2)25-22-19-16-13-10-7-3;/h26H,5-25H2,1-4H3;1H3/p+1. The summed E-state index contributed by atoms with van der Waals surface area (Å²) < 4.78 is 0. The third-order valence-corrected chi connectivity index (χ3v) is 7.52. The Kier molecular flexibility index (Phi) is 24.9. The largest absolute Gasteiger partial charge is 0.369 e. The fourth-order valence-electron chi connectivity index (χ4n) is 4.51. The Morgan fingerprint density at radius 3 is 1.21 bits per heavy atom. The lowest BCUT2D eigenvalue weighted by Crippen LogP contribution is -2.30. The summed E-state index contributed by atoms with van der Waals surface area (Å²) in [6, 6.07) is 0. The Hall–Kier alpha value is 0.250. The van der Waals surface area contributed by atoms with Crippen LogP contribution in [0.1, 0.15) is 163 Å². The molecule has 0 aliphatic heterocycles. The van der Waals surface area contributed by atoms with Crippen molar-refractivity contribution in [2.24, 2.45) is 5.92 Å². The van der Waals surface area contributed by atoms with Crippen LogP contribution in [0.2, 0.25) is 0 Å². The van der Waals surface area contributed by atoms with Gasteiger partial charge in [0.25, 0.3) is 0 Å². The molecular formula is C27H59ClN+. The van der Waals surface area contributed by atoms with E-state index in [0.29, 0.717) is 5.92 Å². The minimum atomic E-state index is 0. The van der Waals surface area contributed by atoms with Crippen LogP contribution in [0.4, 0.5) is 0 Å². The lowest BCUT2D eigenvalue weighted by Gasteiger charge is -2.34. The first kappa shape index (κ1) is 31.4. The van der Waals surface area contributed by atoms with E-state index in [9.17, 15) is 0 Å². The number of hydrogen-bond donors (Lipinski definition) is 1. The molecule has 178 valence electrons. The van der Waals surface area contributed by atoms with Crippen LogP contribution in [0.5, 0.6) is 0 Å². The number of quaternary nitrogens is 1. The number of hydrogen-bond acceptors (Lipinski definition) is 0. The van der Waals surface area contributed by atoms with E-state index < -0.39 is 0 Å². The SMILES string of the molecule is CCCCCCCCC(C)C(Cl)(CCCCCCCC)CCCCCCCC.[NH4+]. The number of rotatable bonds is 22. The van der Waals surface area contributed by atoms with E-state index in [4.69, 9.17) is 11.6 Å². The normalized spacial score (nSPS) is 12.7. The molecule has 0 rings (SSSR count). The molecule has 0 saturated carbocycles. The van der Waals surface area contributed by atoms with Gasteiger partial charge in [-0.15, -0.1) is 11.6 Å². The molecule has 1 atom stereocenters. The van der Waals surface area contributed by atoms with Crippen molar-refractivity contribution in [2.45, 2.75) is 167 Å². The molecule has 0 aromatic heterocycles. The summed E-state index contributed by atoms with van der Waals surface area (Å²) >= 11 is 7.33. The molecule has 2 heteroatoms. The van der Waals surface area contributed by atoms with E-state index in [-0.39, 0.29) is 11.0 Å². The van der Waals surface area contributed by atoms with Gasteiger partial charge in [0.2, 0.25) is 0 Å². The van der Waals surface area contributed by atoms with E-state index in [1.165, 1.54) is 135 Å². The van der Waals surface area contributed by atoms with Gasteiger partial charge in [0, 0.05) is 4.87 Å². The van der Waals surface area contributed by atoms with Gasteiger partial charge < -0.3 is 6.15 Å². The van der Waals surface area contributed by atoms with Crippen molar-refractivity contribution >= 4 is 11.6 Å². The van der Waals surface area contributed by atoms with Gasteiger partial charge in [0.15, 0.2) is 0 Å². The second-order valence-electron chi connectivity index (χ2n) is 9.53. The fraction of sp³-hybridized carbons (Fsp3) is 1.00. The minimum absolute atomic E-state index is 0. The van der Waals surface area contributed by atoms with Crippen LogP contribution in [-0.2, 0) is 0 Å². The van der Waals surface area contributed by atoms with Crippen molar-refractivity contribution < 1.29 is 0 Å². The zero-order valence-corrected chi connectivity index (χ0v) is 22.1. The smallest absolute Gasteiger partial charge is 0.0472 e. The molecule has 4 N–H and O–H groups in total. The highest BCUT2D eigenvalue weighted by molar-refractivity contribution is 6.24. The second kappa shape index (κ2) is 22.9. The van der Waals surface area contributed by atoms with Gasteiger partial charge in [-0.3, -0.25) is 0 Å². The van der Waals surface area contributed by atoms with Crippen LogP contribution in [0.15, 0.2) is 0 Å². The Morgan fingerprint density at radius 1 is 0.517 bits per heavy atom. The van der Waals surface area contributed by atoms with E-state index in [0.717, 1.165) is 0 Å². The molecule has 1 unspecified atom stereocenters. The van der Waals surface area contributed by atoms with Crippen molar-refractivity contribution in [3.05, 3.63) is 0 Å². The highest BCUT2D eigenvalue weighted by Gasteiger charge is 2.32. The van der Waals surface area contributed by atoms with Crippen LogP contribution >= 0.6 is 11.6 Å². The summed E-state index contributed by atoms with van der Waals surface area (Å²) in [5, 5.41) is 0. The average molecular weight is 433 g/mol. The molecule has 0 aliphatic carbocycles. The lowest BCUT2D eigenvalue weighted by atomic mass is 9.81. The molecule has 0 saturated heterocycles. The summed E-state index contributed by atoms with van der Waals surface area (Å²) in [6.45, 7) is 9.35. The maximum atomic E-state index is 7.33. The molecule has 0 spiro atoms. The van der Waals surface area contributed by atoms with E-state index in [2.05, 4.69) is 27.7 Å². The molecule has 0 aliphatic rings. The van der Waals surface area contributed by atoms with Gasteiger partial charge in [-0.2, -0.15) is 0 Å². The monoisotopic (exact) mass is 432 g/mol. The van der Waals surface area contributed by atoms with Gasteiger partial charge >= 0.3 is 0 Å². The molecular weight excluding hydrogens is 374 g/mol. The van der Waals surface area contributed by atoms with Crippen LogP contribution in [0, 0.1) is 5.92 Å². The Labute approximate surface area is 191 Å². The average Bonchev–Trinajstić information content (AvgIpc) is 2.69. The van der Waals surface area contributed by atoms with Gasteiger partial charge in [-0.25, -0.2) is 0 Å². The summed E-state index contributed by atoms with van der Waals surface area (Å²) in [5.41, 5.74) is 0. The van der Waals surface area contributed by atoms with Crippen molar-refractivity contribution in [3.63, 3.8) is 0 Å². The molecule has 0 radical (unpaired) electrons. The van der Waals surface area contributed by atoms with Crippen molar-refractivity contribution in [1.29, 1.82) is 0 Å². The second-order valence-corrected chi connectivity index (χ2v) is 10.3. The summed E-state index contributed by atoms with van der Waals surface area (Å²) in [6.07, 6.45) is 28.8. The van der Waals surface area contributed by atoms with Gasteiger partial charge in [0.05, 0.1) is 0 Å². The van der Waals surface area contributed by atoms with E-state index >= 15 is 0 Å². The fourth-order valence-corrected chi connectivity index (χ4v) is 4.88. The molecule has 0 bridgehead atoms. The molecule has 0 fully saturated rings. The number of halogens is 1. The third-order valence-electron chi connectivity index (χ3n) is 6.77.